The Labute approximate surface area is 171 Å². The SMILES string of the molecule is C=C1C=CC(N2CCN[C@@H](C)C2)=CN1C(=O)/C=C/c1cc(C)c2c(cnn2C)c1. The van der Waals surface area contributed by atoms with Gasteiger partial charge in [-0.2, -0.15) is 5.10 Å². The van der Waals surface area contributed by atoms with Crippen LogP contribution in [0, 0.1) is 6.92 Å². The van der Waals surface area contributed by atoms with Gasteiger partial charge < -0.3 is 10.2 Å². The van der Waals surface area contributed by atoms with E-state index in [0.29, 0.717) is 11.7 Å². The molecule has 29 heavy (non-hydrogen) atoms. The van der Waals surface area contributed by atoms with E-state index >= 15 is 0 Å². The van der Waals surface area contributed by atoms with Gasteiger partial charge in [0.2, 0.25) is 0 Å². The van der Waals surface area contributed by atoms with Gasteiger partial charge in [-0.3, -0.25) is 14.4 Å². The molecule has 2 aliphatic rings. The molecule has 1 saturated heterocycles. The van der Waals surface area contributed by atoms with Gasteiger partial charge in [0.15, 0.2) is 0 Å². The standard InChI is InChI=1S/C23H27N5O/c1-16-11-19(12-20-13-25-26(4)23(16)20)6-8-22(29)28-15-21(7-5-18(28)3)27-10-9-24-17(2)14-27/h5-8,11-13,15,17,24H,3,9-10,14H2,1-2,4H3/b8-6+/t17-/m0/s1. The number of piperazine rings is 1. The van der Waals surface area contributed by atoms with E-state index in [9.17, 15) is 4.79 Å². The molecule has 0 aliphatic carbocycles. The summed E-state index contributed by atoms with van der Waals surface area (Å²) in [6.07, 6.45) is 11.1. The predicted octanol–water partition coefficient (Wildman–Crippen LogP) is 2.94. The molecule has 4 rings (SSSR count). The van der Waals surface area contributed by atoms with Gasteiger partial charge in [0.1, 0.15) is 0 Å². The van der Waals surface area contributed by atoms with E-state index in [1.54, 1.807) is 11.0 Å². The Morgan fingerprint density at radius 2 is 2.17 bits per heavy atom. The maximum absolute atomic E-state index is 12.9. The van der Waals surface area contributed by atoms with Crippen LogP contribution in [0.1, 0.15) is 18.1 Å². The highest BCUT2D eigenvalue weighted by atomic mass is 16.2. The van der Waals surface area contributed by atoms with E-state index in [0.717, 1.165) is 47.4 Å². The number of amides is 1. The van der Waals surface area contributed by atoms with Crippen molar-refractivity contribution in [2.45, 2.75) is 19.9 Å². The molecular formula is C23H27N5O. The van der Waals surface area contributed by atoms with Crippen LogP contribution < -0.4 is 5.32 Å². The van der Waals surface area contributed by atoms with Crippen LogP contribution >= 0.6 is 0 Å². The number of carbonyl (C=O) groups excluding carboxylic acids is 1. The normalized spacial score (nSPS) is 20.0. The monoisotopic (exact) mass is 389 g/mol. The van der Waals surface area contributed by atoms with Crippen LogP contribution in [-0.2, 0) is 11.8 Å². The van der Waals surface area contributed by atoms with E-state index in [4.69, 9.17) is 0 Å². The average Bonchev–Trinajstić information content (AvgIpc) is 3.08. The summed E-state index contributed by atoms with van der Waals surface area (Å²) < 4.78 is 1.87. The topological polar surface area (TPSA) is 53.4 Å². The first-order valence-electron chi connectivity index (χ1n) is 9.93. The number of allylic oxidation sites excluding steroid dienone is 2. The lowest BCUT2D eigenvalue weighted by atomic mass is 10.1. The third-order valence-electron chi connectivity index (χ3n) is 5.45. The molecule has 0 spiro atoms. The molecule has 1 atom stereocenters. The Hall–Kier alpha value is -3.12. The molecule has 0 unspecified atom stereocenters. The second kappa shape index (κ2) is 7.72. The predicted molar refractivity (Wildman–Crippen MR) is 117 cm³/mol. The first-order chi connectivity index (χ1) is 13.9. The van der Waals surface area contributed by atoms with E-state index in [-0.39, 0.29) is 5.91 Å². The summed E-state index contributed by atoms with van der Waals surface area (Å²) in [6.45, 7) is 11.0. The number of hydrogen-bond donors (Lipinski definition) is 1. The smallest absolute Gasteiger partial charge is 0.255 e. The zero-order valence-electron chi connectivity index (χ0n) is 17.2. The number of benzene rings is 1. The fourth-order valence-electron chi connectivity index (χ4n) is 4.01. The number of nitrogens with one attached hydrogen (secondary N) is 1. The summed E-state index contributed by atoms with van der Waals surface area (Å²) in [6, 6.07) is 4.55. The third-order valence-corrected chi connectivity index (χ3v) is 5.45. The summed E-state index contributed by atoms with van der Waals surface area (Å²) in [5.41, 5.74) is 4.94. The number of nitrogens with zero attached hydrogens (tertiary/aromatic N) is 4. The van der Waals surface area contributed by atoms with Gasteiger partial charge >= 0.3 is 0 Å². The third kappa shape index (κ3) is 3.89. The Balaban J connectivity index is 1.54. The maximum Gasteiger partial charge on any atom is 0.255 e. The Kier molecular flexibility index (Phi) is 5.11. The summed E-state index contributed by atoms with van der Waals surface area (Å²) in [5.74, 6) is -0.107. The first-order valence-corrected chi connectivity index (χ1v) is 9.93. The number of fused-ring (bicyclic) bond motifs is 1. The second-order valence-corrected chi connectivity index (χ2v) is 7.77. The largest absolute Gasteiger partial charge is 0.368 e. The van der Waals surface area contributed by atoms with Crippen molar-refractivity contribution < 1.29 is 4.79 Å². The van der Waals surface area contributed by atoms with Crippen molar-refractivity contribution in [2.24, 2.45) is 7.05 Å². The molecule has 1 fully saturated rings. The molecule has 0 radical (unpaired) electrons. The van der Waals surface area contributed by atoms with E-state index in [1.165, 1.54) is 0 Å². The molecule has 150 valence electrons. The van der Waals surface area contributed by atoms with Gasteiger partial charge in [0.25, 0.3) is 5.91 Å². The zero-order valence-corrected chi connectivity index (χ0v) is 17.2. The maximum atomic E-state index is 12.9. The molecule has 1 aromatic carbocycles. The number of aryl methyl sites for hydroxylation is 2. The van der Waals surface area contributed by atoms with Crippen molar-refractivity contribution in [1.29, 1.82) is 0 Å². The molecule has 2 aromatic rings. The van der Waals surface area contributed by atoms with Gasteiger partial charge in [0.05, 0.1) is 17.4 Å². The number of aromatic nitrogens is 2. The fourth-order valence-corrected chi connectivity index (χ4v) is 4.01. The van der Waals surface area contributed by atoms with Crippen LogP contribution in [0.5, 0.6) is 0 Å². The minimum absolute atomic E-state index is 0.107. The fraction of sp³-hybridized carbons (Fsp3) is 0.304. The van der Waals surface area contributed by atoms with E-state index < -0.39 is 0 Å². The van der Waals surface area contributed by atoms with Gasteiger partial charge in [0, 0.05) is 56.1 Å². The first kappa shape index (κ1) is 19.2. The highest BCUT2D eigenvalue weighted by Gasteiger charge is 2.21. The van der Waals surface area contributed by atoms with Gasteiger partial charge in [-0.05, 0) is 55.3 Å². The minimum Gasteiger partial charge on any atom is -0.368 e. The molecule has 1 aromatic heterocycles. The van der Waals surface area contributed by atoms with Crippen LogP contribution in [0.25, 0.3) is 17.0 Å². The summed E-state index contributed by atoms with van der Waals surface area (Å²) in [7, 11) is 1.94. The van der Waals surface area contributed by atoms with Crippen molar-refractivity contribution >= 4 is 22.9 Å². The molecule has 0 bridgehead atoms. The number of carbonyl (C=O) groups is 1. The van der Waals surface area contributed by atoms with E-state index in [1.807, 2.05) is 48.4 Å². The second-order valence-electron chi connectivity index (χ2n) is 7.77. The van der Waals surface area contributed by atoms with Crippen molar-refractivity contribution in [3.63, 3.8) is 0 Å². The molecule has 6 heteroatoms. The lowest BCUT2D eigenvalue weighted by Crippen LogP contribution is -2.48. The molecular weight excluding hydrogens is 362 g/mol. The lowest BCUT2D eigenvalue weighted by Gasteiger charge is -2.36. The Morgan fingerprint density at radius 1 is 1.34 bits per heavy atom. The summed E-state index contributed by atoms with van der Waals surface area (Å²) >= 11 is 0. The van der Waals surface area contributed by atoms with E-state index in [2.05, 4.69) is 41.8 Å². The number of rotatable bonds is 3. The summed E-state index contributed by atoms with van der Waals surface area (Å²) in [5, 5.41) is 8.83. The van der Waals surface area contributed by atoms with Gasteiger partial charge in [-0.1, -0.05) is 6.58 Å². The zero-order chi connectivity index (χ0) is 20.5. The van der Waals surface area contributed by atoms with Crippen molar-refractivity contribution in [3.8, 4) is 0 Å². The minimum atomic E-state index is -0.107. The summed E-state index contributed by atoms with van der Waals surface area (Å²) in [4.78, 5) is 16.8. The van der Waals surface area contributed by atoms with Crippen molar-refractivity contribution in [1.82, 2.24) is 24.9 Å². The van der Waals surface area contributed by atoms with Crippen LogP contribution in [0.2, 0.25) is 0 Å². The Bertz CT molecular complexity index is 1060. The highest BCUT2D eigenvalue weighted by Crippen LogP contribution is 2.22. The quantitative estimate of drug-likeness (QED) is 0.820. The molecule has 6 nitrogen and oxygen atoms in total. The van der Waals surface area contributed by atoms with Gasteiger partial charge in [-0.25, -0.2) is 0 Å². The number of hydrogen-bond acceptors (Lipinski definition) is 4. The average molecular weight is 390 g/mol. The molecule has 0 saturated carbocycles. The molecule has 1 N–H and O–H groups in total. The molecule has 3 heterocycles. The van der Waals surface area contributed by atoms with Crippen molar-refractivity contribution in [3.05, 3.63) is 71.9 Å². The lowest BCUT2D eigenvalue weighted by molar-refractivity contribution is -0.122. The molecule has 1 amide bonds. The van der Waals surface area contributed by atoms with Crippen molar-refractivity contribution in [2.75, 3.05) is 19.6 Å². The highest BCUT2D eigenvalue weighted by molar-refractivity contribution is 5.95. The van der Waals surface area contributed by atoms with Crippen LogP contribution in [0.4, 0.5) is 0 Å². The van der Waals surface area contributed by atoms with Crippen LogP contribution in [-0.4, -0.2) is 51.2 Å². The van der Waals surface area contributed by atoms with Crippen LogP contribution in [0.15, 0.2) is 60.7 Å². The van der Waals surface area contributed by atoms with Crippen LogP contribution in [0.3, 0.4) is 0 Å². The Morgan fingerprint density at radius 3 is 2.97 bits per heavy atom. The molecule has 2 aliphatic heterocycles. The van der Waals surface area contributed by atoms with Gasteiger partial charge in [-0.15, -0.1) is 0 Å².